The molecule has 0 aliphatic carbocycles. The molecule has 4 aromatic heterocycles. The average Bonchev–Trinajstić information content (AvgIpc) is 3.87. The van der Waals surface area contributed by atoms with E-state index < -0.39 is 0 Å². The van der Waals surface area contributed by atoms with Crippen LogP contribution in [0.5, 0.6) is 11.5 Å². The topological polar surface area (TPSA) is 51.4 Å². The summed E-state index contributed by atoms with van der Waals surface area (Å²) in [6.45, 7) is 20.9. The van der Waals surface area contributed by atoms with E-state index in [0.29, 0.717) is 6.67 Å². The molecule has 0 atom stereocenters. The summed E-state index contributed by atoms with van der Waals surface area (Å²) in [7, 11) is 2.11. The largest absolute Gasteiger partial charge is 0.457 e. The summed E-state index contributed by atoms with van der Waals surface area (Å²) in [4.78, 5) is 14.4. The van der Waals surface area contributed by atoms with Crippen molar-refractivity contribution in [2.45, 2.75) is 67.7 Å². The van der Waals surface area contributed by atoms with Crippen LogP contribution in [0.4, 0.5) is 17.2 Å². The third-order valence-electron chi connectivity index (χ3n) is 12.7. The monoisotopic (exact) mass is 774 g/mol. The van der Waals surface area contributed by atoms with Crippen molar-refractivity contribution in [3.63, 3.8) is 0 Å². The Bertz CT molecular complexity index is 3130. The van der Waals surface area contributed by atoms with E-state index in [4.69, 9.17) is 14.7 Å². The van der Waals surface area contributed by atoms with Crippen molar-refractivity contribution in [1.82, 2.24) is 19.1 Å². The van der Waals surface area contributed by atoms with Gasteiger partial charge in [0.25, 0.3) is 0 Å². The Hall–Kier alpha value is -6.60. The predicted octanol–water partition coefficient (Wildman–Crippen LogP) is 13.2. The Balaban J connectivity index is 1.14. The molecule has 59 heavy (non-hydrogen) atoms. The molecular formula is C52H50N6O. The Morgan fingerprint density at radius 1 is 0.576 bits per heavy atom. The van der Waals surface area contributed by atoms with Gasteiger partial charge >= 0.3 is 0 Å². The maximum atomic E-state index is 6.88. The fourth-order valence-electron chi connectivity index (χ4n) is 9.44. The van der Waals surface area contributed by atoms with Crippen LogP contribution >= 0.6 is 0 Å². The lowest BCUT2D eigenvalue weighted by Gasteiger charge is -2.25. The minimum atomic E-state index is -0.0952. The maximum Gasteiger partial charge on any atom is 0.158 e. The Morgan fingerprint density at radius 2 is 1.27 bits per heavy atom. The van der Waals surface area contributed by atoms with Gasteiger partial charge < -0.3 is 19.1 Å². The molecule has 1 aliphatic rings. The van der Waals surface area contributed by atoms with Crippen molar-refractivity contribution in [3.8, 4) is 23.0 Å². The predicted molar refractivity (Wildman–Crippen MR) is 246 cm³/mol. The standard InChI is InChI=1S/C52H50N6O/c1-30-22-32(3)47-48-33(4)23-31(2)35(6)50(48)57(49(47)34(30)5)37-19-21-53-46(27-37)58-43-15-12-11-14-41(43)42-18-17-39(28-45(42)58)59-40-25-36(52(7,8)9)24-38(26-40)56-29-55(10)44-16-13-20-54-51(44)56/h11-28H,29H2,1-10H3. The van der Waals surface area contributed by atoms with E-state index in [-0.39, 0.29) is 5.41 Å². The number of pyridine rings is 2. The second-order valence-electron chi connectivity index (χ2n) is 17.6. The molecular weight excluding hydrogens is 725 g/mol. The highest BCUT2D eigenvalue weighted by molar-refractivity contribution is 6.15. The number of aromatic nitrogens is 4. The molecule has 294 valence electrons. The first-order valence-corrected chi connectivity index (χ1v) is 20.6. The molecule has 0 radical (unpaired) electrons. The number of rotatable bonds is 5. The van der Waals surface area contributed by atoms with Gasteiger partial charge in [0, 0.05) is 64.9 Å². The van der Waals surface area contributed by atoms with Crippen LogP contribution < -0.4 is 14.5 Å². The van der Waals surface area contributed by atoms with Crippen molar-refractivity contribution < 1.29 is 4.74 Å². The molecule has 10 rings (SSSR count). The number of benzene rings is 5. The highest BCUT2D eigenvalue weighted by Gasteiger charge is 2.28. The number of aryl methyl sites for hydroxylation is 6. The van der Waals surface area contributed by atoms with Crippen molar-refractivity contribution in [2.24, 2.45) is 0 Å². The van der Waals surface area contributed by atoms with Crippen molar-refractivity contribution >= 4 is 60.8 Å². The van der Waals surface area contributed by atoms with E-state index in [2.05, 4.69) is 179 Å². The lowest BCUT2D eigenvalue weighted by Crippen LogP contribution is -2.24. The van der Waals surface area contributed by atoms with Crippen molar-refractivity contribution in [2.75, 3.05) is 23.5 Å². The number of para-hydroxylation sites is 1. The summed E-state index contributed by atoms with van der Waals surface area (Å²) in [6.07, 6.45) is 3.82. The molecule has 0 fully saturated rings. The molecule has 0 spiro atoms. The lowest BCUT2D eigenvalue weighted by atomic mass is 9.86. The zero-order valence-electron chi connectivity index (χ0n) is 35.7. The van der Waals surface area contributed by atoms with Gasteiger partial charge in [0.15, 0.2) is 5.82 Å². The molecule has 0 saturated heterocycles. The summed E-state index contributed by atoms with van der Waals surface area (Å²) in [5.74, 6) is 3.35. The zero-order chi connectivity index (χ0) is 41.1. The fourth-order valence-corrected chi connectivity index (χ4v) is 9.44. The third-order valence-corrected chi connectivity index (χ3v) is 12.7. The molecule has 1 aliphatic heterocycles. The summed E-state index contributed by atoms with van der Waals surface area (Å²) in [5, 5.41) is 4.98. The van der Waals surface area contributed by atoms with E-state index in [9.17, 15) is 0 Å². The third kappa shape index (κ3) is 5.70. The van der Waals surface area contributed by atoms with Gasteiger partial charge in [-0.25, -0.2) is 9.97 Å². The molecule has 5 heterocycles. The van der Waals surface area contributed by atoms with Gasteiger partial charge in [0.05, 0.1) is 40.1 Å². The van der Waals surface area contributed by atoms with Gasteiger partial charge in [-0.05, 0) is 134 Å². The minimum Gasteiger partial charge on any atom is -0.457 e. The number of ether oxygens (including phenoxy) is 1. The highest BCUT2D eigenvalue weighted by atomic mass is 16.5. The second-order valence-corrected chi connectivity index (χ2v) is 17.6. The molecule has 7 heteroatoms. The summed E-state index contributed by atoms with van der Waals surface area (Å²) < 4.78 is 11.7. The van der Waals surface area contributed by atoms with Crippen LogP contribution in [0, 0.1) is 41.5 Å². The second kappa shape index (κ2) is 13.2. The van der Waals surface area contributed by atoms with Crippen molar-refractivity contribution in [1.29, 1.82) is 0 Å². The normalized spacial score (nSPS) is 13.1. The zero-order valence-corrected chi connectivity index (χ0v) is 35.7. The smallest absolute Gasteiger partial charge is 0.158 e. The number of anilines is 3. The van der Waals surface area contributed by atoms with Gasteiger partial charge in [-0.15, -0.1) is 0 Å². The van der Waals surface area contributed by atoms with Crippen molar-refractivity contribution in [3.05, 3.63) is 148 Å². The number of hydrogen-bond acceptors (Lipinski definition) is 5. The average molecular weight is 775 g/mol. The van der Waals surface area contributed by atoms with E-state index in [0.717, 1.165) is 56.6 Å². The van der Waals surface area contributed by atoms with Gasteiger partial charge in [-0.1, -0.05) is 51.1 Å². The summed E-state index contributed by atoms with van der Waals surface area (Å²) in [5.41, 5.74) is 16.8. The molecule has 0 bridgehead atoms. The van der Waals surface area contributed by atoms with Crippen LogP contribution in [0.25, 0.3) is 55.1 Å². The van der Waals surface area contributed by atoms with E-state index in [1.165, 1.54) is 66.1 Å². The Labute approximate surface area is 346 Å². The quantitative estimate of drug-likeness (QED) is 0.174. The van der Waals surface area contributed by atoms with Gasteiger partial charge in [-0.2, -0.15) is 0 Å². The van der Waals surface area contributed by atoms with Crippen LogP contribution in [0.3, 0.4) is 0 Å². The minimum absolute atomic E-state index is 0.0952. The SMILES string of the molecule is Cc1cc(C)c2c3c(C)cc(C)c(C)c3n(-c3ccnc(-n4c5ccccc5c5ccc(Oc6cc(N7CN(C)c8cccnc87)cc(C(C)(C)C)c6)cc54)c3)c2c1C. The summed E-state index contributed by atoms with van der Waals surface area (Å²) in [6, 6.07) is 34.9. The molecule has 0 saturated carbocycles. The molecule has 5 aromatic carbocycles. The highest BCUT2D eigenvalue weighted by Crippen LogP contribution is 2.44. The molecule has 0 amide bonds. The van der Waals surface area contributed by atoms with Crippen LogP contribution in [0.2, 0.25) is 0 Å². The molecule has 7 nitrogen and oxygen atoms in total. The molecule has 9 aromatic rings. The van der Waals surface area contributed by atoms with Gasteiger partial charge in [-0.3, -0.25) is 4.57 Å². The van der Waals surface area contributed by atoms with Crippen LogP contribution in [0.1, 0.15) is 59.7 Å². The van der Waals surface area contributed by atoms with E-state index in [1.54, 1.807) is 0 Å². The number of fused-ring (bicyclic) bond motifs is 7. The Kier molecular flexibility index (Phi) is 8.22. The van der Waals surface area contributed by atoms with Gasteiger partial charge in [0.2, 0.25) is 0 Å². The number of hydrogen-bond donors (Lipinski definition) is 0. The first-order valence-electron chi connectivity index (χ1n) is 20.6. The maximum absolute atomic E-state index is 6.88. The number of nitrogens with zero attached hydrogens (tertiary/aromatic N) is 6. The lowest BCUT2D eigenvalue weighted by molar-refractivity contribution is 0.479. The summed E-state index contributed by atoms with van der Waals surface area (Å²) >= 11 is 0. The Morgan fingerprint density at radius 3 is 1.98 bits per heavy atom. The van der Waals surface area contributed by atoms with Crippen LogP contribution in [-0.2, 0) is 5.41 Å². The molecule has 0 N–H and O–H groups in total. The molecule has 0 unspecified atom stereocenters. The fraction of sp³-hybridized carbons (Fsp3) is 0.231. The van der Waals surface area contributed by atoms with Gasteiger partial charge in [0.1, 0.15) is 17.3 Å². The van der Waals surface area contributed by atoms with E-state index >= 15 is 0 Å². The van der Waals surface area contributed by atoms with E-state index in [1.807, 2.05) is 18.5 Å². The van der Waals surface area contributed by atoms with Crippen LogP contribution in [-0.4, -0.2) is 32.8 Å². The first-order chi connectivity index (χ1) is 28.3. The van der Waals surface area contributed by atoms with Crippen LogP contribution in [0.15, 0.2) is 109 Å². The first kappa shape index (κ1) is 36.7.